The van der Waals surface area contributed by atoms with Gasteiger partial charge in [0.2, 0.25) is 0 Å². The minimum absolute atomic E-state index is 0.0875. The first kappa shape index (κ1) is 9.64. The standard InChI is InChI=1S/C9H10BrN3O/c1-11-9-4-8(13-14-9)7-3-2-6(10)5-12-7/h2-5,9,11,13H,1H3. The molecule has 0 saturated carbocycles. The van der Waals surface area contributed by atoms with E-state index in [0.29, 0.717) is 0 Å². The highest BCUT2D eigenvalue weighted by molar-refractivity contribution is 9.10. The summed E-state index contributed by atoms with van der Waals surface area (Å²) in [5, 5.41) is 2.98. The van der Waals surface area contributed by atoms with E-state index in [1.165, 1.54) is 0 Å². The van der Waals surface area contributed by atoms with Gasteiger partial charge in [-0.1, -0.05) is 0 Å². The van der Waals surface area contributed by atoms with Gasteiger partial charge in [-0.3, -0.25) is 20.6 Å². The molecule has 0 saturated heterocycles. The fourth-order valence-corrected chi connectivity index (χ4v) is 1.40. The fraction of sp³-hybridized carbons (Fsp3) is 0.222. The average molecular weight is 256 g/mol. The predicted octanol–water partition coefficient (Wildman–Crippen LogP) is 1.27. The van der Waals surface area contributed by atoms with Crippen LogP contribution in [0.3, 0.4) is 0 Å². The van der Waals surface area contributed by atoms with E-state index >= 15 is 0 Å². The lowest BCUT2D eigenvalue weighted by molar-refractivity contribution is 0.0363. The van der Waals surface area contributed by atoms with E-state index in [1.54, 1.807) is 6.20 Å². The molecule has 0 spiro atoms. The van der Waals surface area contributed by atoms with E-state index in [0.717, 1.165) is 15.9 Å². The Balaban J connectivity index is 2.20. The largest absolute Gasteiger partial charge is 0.290 e. The molecule has 2 rings (SSSR count). The SMILES string of the molecule is CNC1C=C(c2ccc(Br)cn2)NO1. The number of hydrogen-bond acceptors (Lipinski definition) is 4. The summed E-state index contributed by atoms with van der Waals surface area (Å²) in [5.74, 6) is 0. The smallest absolute Gasteiger partial charge is 0.157 e. The predicted molar refractivity (Wildman–Crippen MR) is 57.0 cm³/mol. The Labute approximate surface area is 90.5 Å². The maximum atomic E-state index is 5.19. The summed E-state index contributed by atoms with van der Waals surface area (Å²) in [4.78, 5) is 9.44. The lowest BCUT2D eigenvalue weighted by Crippen LogP contribution is -2.25. The minimum Gasteiger partial charge on any atom is -0.290 e. The van der Waals surface area contributed by atoms with Gasteiger partial charge in [-0.15, -0.1) is 0 Å². The number of halogens is 1. The molecule has 74 valence electrons. The number of pyridine rings is 1. The van der Waals surface area contributed by atoms with Gasteiger partial charge in [0, 0.05) is 10.7 Å². The number of likely N-dealkylation sites (N-methyl/N-ethyl adjacent to an activating group) is 1. The Morgan fingerprint density at radius 2 is 2.43 bits per heavy atom. The van der Waals surface area contributed by atoms with Crippen LogP contribution in [0.2, 0.25) is 0 Å². The second kappa shape index (κ2) is 4.08. The van der Waals surface area contributed by atoms with Gasteiger partial charge in [0.25, 0.3) is 0 Å². The first-order valence-electron chi connectivity index (χ1n) is 4.22. The molecule has 2 heterocycles. The third-order valence-electron chi connectivity index (χ3n) is 1.90. The third-order valence-corrected chi connectivity index (χ3v) is 2.37. The van der Waals surface area contributed by atoms with Gasteiger partial charge in [0.05, 0.1) is 11.4 Å². The number of hydroxylamine groups is 1. The van der Waals surface area contributed by atoms with Gasteiger partial charge < -0.3 is 0 Å². The summed E-state index contributed by atoms with van der Waals surface area (Å²) in [6, 6.07) is 3.86. The summed E-state index contributed by atoms with van der Waals surface area (Å²) < 4.78 is 0.964. The molecule has 1 aliphatic rings. The van der Waals surface area contributed by atoms with Crippen molar-refractivity contribution in [2.24, 2.45) is 0 Å². The Kier molecular flexibility index (Phi) is 2.81. The molecule has 2 N–H and O–H groups in total. The average Bonchev–Trinajstić information content (AvgIpc) is 2.67. The maximum Gasteiger partial charge on any atom is 0.157 e. The number of nitrogens with zero attached hydrogens (tertiary/aromatic N) is 1. The fourth-order valence-electron chi connectivity index (χ4n) is 1.16. The van der Waals surface area contributed by atoms with Crippen LogP contribution in [0, 0.1) is 0 Å². The Hall–Kier alpha value is -0.910. The van der Waals surface area contributed by atoms with Crippen LogP contribution in [0.4, 0.5) is 0 Å². The molecule has 0 bridgehead atoms. The van der Waals surface area contributed by atoms with Crippen molar-refractivity contribution in [3.8, 4) is 0 Å². The molecule has 5 heteroatoms. The molecule has 1 aliphatic heterocycles. The van der Waals surface area contributed by atoms with E-state index in [2.05, 4.69) is 31.7 Å². The maximum absolute atomic E-state index is 5.19. The topological polar surface area (TPSA) is 46.2 Å². The van der Waals surface area contributed by atoms with Gasteiger partial charge in [-0.2, -0.15) is 0 Å². The lowest BCUT2D eigenvalue weighted by atomic mass is 10.2. The molecule has 0 aromatic carbocycles. The van der Waals surface area contributed by atoms with Crippen molar-refractivity contribution in [1.29, 1.82) is 0 Å². The van der Waals surface area contributed by atoms with Gasteiger partial charge in [-0.05, 0) is 41.2 Å². The molecule has 14 heavy (non-hydrogen) atoms. The first-order valence-corrected chi connectivity index (χ1v) is 5.01. The summed E-state index contributed by atoms with van der Waals surface area (Å²) >= 11 is 3.33. The quantitative estimate of drug-likeness (QED) is 0.836. The van der Waals surface area contributed by atoms with Crippen molar-refractivity contribution in [3.05, 3.63) is 34.6 Å². The first-order chi connectivity index (χ1) is 6.79. The molecule has 0 amide bonds. The Morgan fingerprint density at radius 3 is 3.00 bits per heavy atom. The third kappa shape index (κ3) is 1.95. The zero-order chi connectivity index (χ0) is 9.97. The van der Waals surface area contributed by atoms with E-state index in [-0.39, 0.29) is 6.23 Å². The summed E-state index contributed by atoms with van der Waals surface area (Å²) in [6.45, 7) is 0. The van der Waals surface area contributed by atoms with Crippen molar-refractivity contribution >= 4 is 21.6 Å². The normalized spacial score (nSPS) is 20.4. The molecular weight excluding hydrogens is 246 g/mol. The zero-order valence-corrected chi connectivity index (χ0v) is 9.21. The molecule has 1 atom stereocenters. The Bertz CT molecular complexity index is 350. The van der Waals surface area contributed by atoms with Crippen molar-refractivity contribution in [2.45, 2.75) is 6.23 Å². The Morgan fingerprint density at radius 1 is 1.57 bits per heavy atom. The highest BCUT2D eigenvalue weighted by atomic mass is 79.9. The highest BCUT2D eigenvalue weighted by Crippen LogP contribution is 2.16. The van der Waals surface area contributed by atoms with Crippen LogP contribution in [-0.4, -0.2) is 18.3 Å². The molecule has 0 radical (unpaired) electrons. The van der Waals surface area contributed by atoms with Crippen molar-refractivity contribution < 1.29 is 4.84 Å². The van der Waals surface area contributed by atoms with Gasteiger partial charge in [0.15, 0.2) is 6.23 Å². The number of hydrogen-bond donors (Lipinski definition) is 2. The van der Waals surface area contributed by atoms with Crippen LogP contribution < -0.4 is 10.8 Å². The molecule has 0 aliphatic carbocycles. The van der Waals surface area contributed by atoms with Crippen molar-refractivity contribution in [3.63, 3.8) is 0 Å². The van der Waals surface area contributed by atoms with Gasteiger partial charge in [0.1, 0.15) is 0 Å². The molecule has 1 unspecified atom stereocenters. The summed E-state index contributed by atoms with van der Waals surface area (Å²) in [5.41, 5.74) is 4.57. The number of rotatable bonds is 2. The molecule has 1 aromatic heterocycles. The highest BCUT2D eigenvalue weighted by Gasteiger charge is 2.15. The van der Waals surface area contributed by atoms with Crippen LogP contribution in [0.1, 0.15) is 5.69 Å². The second-order valence-corrected chi connectivity index (χ2v) is 3.79. The monoisotopic (exact) mass is 255 g/mol. The number of nitrogens with one attached hydrogen (secondary N) is 2. The van der Waals surface area contributed by atoms with Gasteiger partial charge in [-0.25, -0.2) is 0 Å². The summed E-state index contributed by atoms with van der Waals surface area (Å²) in [6.07, 6.45) is 3.61. The van der Waals surface area contributed by atoms with Crippen molar-refractivity contribution in [1.82, 2.24) is 15.8 Å². The zero-order valence-electron chi connectivity index (χ0n) is 7.62. The molecular formula is C9H10BrN3O. The van der Waals surface area contributed by atoms with E-state index in [4.69, 9.17) is 4.84 Å². The summed E-state index contributed by atoms with van der Waals surface area (Å²) in [7, 11) is 1.83. The van der Waals surface area contributed by atoms with Gasteiger partial charge >= 0.3 is 0 Å². The molecule has 4 nitrogen and oxygen atoms in total. The minimum atomic E-state index is -0.0875. The van der Waals surface area contributed by atoms with Crippen LogP contribution in [0.15, 0.2) is 28.9 Å². The van der Waals surface area contributed by atoms with E-state index in [1.807, 2.05) is 25.3 Å². The molecule has 0 fully saturated rings. The number of aromatic nitrogens is 1. The second-order valence-electron chi connectivity index (χ2n) is 2.87. The van der Waals surface area contributed by atoms with E-state index < -0.39 is 0 Å². The van der Waals surface area contributed by atoms with Crippen LogP contribution in [0.25, 0.3) is 5.70 Å². The van der Waals surface area contributed by atoms with Crippen LogP contribution >= 0.6 is 15.9 Å². The molecule has 1 aromatic rings. The van der Waals surface area contributed by atoms with E-state index in [9.17, 15) is 0 Å². The van der Waals surface area contributed by atoms with Crippen LogP contribution in [-0.2, 0) is 4.84 Å². The lowest BCUT2D eigenvalue weighted by Gasteiger charge is -2.04. The van der Waals surface area contributed by atoms with Crippen molar-refractivity contribution in [2.75, 3.05) is 7.05 Å². The van der Waals surface area contributed by atoms with Crippen LogP contribution in [0.5, 0.6) is 0 Å².